The van der Waals surface area contributed by atoms with E-state index in [-0.39, 0.29) is 12.6 Å². The van der Waals surface area contributed by atoms with Crippen molar-refractivity contribution in [2.24, 2.45) is 0 Å². The van der Waals surface area contributed by atoms with E-state index in [1.54, 1.807) is 6.92 Å². The van der Waals surface area contributed by atoms with Gasteiger partial charge in [0.1, 0.15) is 6.23 Å². The van der Waals surface area contributed by atoms with Gasteiger partial charge in [-0.2, -0.15) is 0 Å². The van der Waals surface area contributed by atoms with Crippen LogP contribution in [-0.4, -0.2) is 40.8 Å². The molecule has 3 atom stereocenters. The van der Waals surface area contributed by atoms with E-state index in [2.05, 4.69) is 10.2 Å². The third-order valence-corrected chi connectivity index (χ3v) is 3.23. The number of nitriles is 1. The second-order valence-electron chi connectivity index (χ2n) is 4.57. The summed E-state index contributed by atoms with van der Waals surface area (Å²) in [6.45, 7) is 1.36. The summed E-state index contributed by atoms with van der Waals surface area (Å²) in [5.74, 6) is 1.83. The molecule has 1 saturated heterocycles. The van der Waals surface area contributed by atoms with Crippen LogP contribution in [0.15, 0.2) is 15.8 Å². The normalized spacial score (nSPS) is 25.4. The van der Waals surface area contributed by atoms with Crippen LogP contribution >= 0.6 is 0 Å². The SMILES string of the molecule is Cc1cn([C@H]2C[C@H](N[B]C#N)[C@@H](CO)O2)c(=O)[nH]c1=O. The Balaban J connectivity index is 2.23. The van der Waals surface area contributed by atoms with Crippen molar-refractivity contribution in [1.82, 2.24) is 14.8 Å². The van der Waals surface area contributed by atoms with E-state index in [0.29, 0.717) is 12.0 Å². The number of hydrogen-bond donors (Lipinski definition) is 3. The van der Waals surface area contributed by atoms with Crippen LogP contribution < -0.4 is 16.5 Å². The van der Waals surface area contributed by atoms with E-state index in [0.717, 1.165) is 0 Å². The standard InChI is InChI=1S/C11H14BN4O4/c1-6-3-16(11(19)14-10(6)18)9-2-7(15-12-5-13)8(4-17)20-9/h3,7-9,15,17H,2,4H2,1H3,(H,14,18,19)/t7-,8+,9+/m0/s1. The van der Waals surface area contributed by atoms with Crippen LogP contribution in [0.3, 0.4) is 0 Å². The number of aliphatic hydroxyl groups is 1. The molecule has 3 N–H and O–H groups in total. The van der Waals surface area contributed by atoms with Crippen molar-refractivity contribution in [3.05, 3.63) is 32.6 Å². The number of nitrogens with one attached hydrogen (secondary N) is 2. The van der Waals surface area contributed by atoms with E-state index in [1.807, 2.05) is 5.97 Å². The van der Waals surface area contributed by atoms with Crippen LogP contribution in [0, 0.1) is 18.2 Å². The maximum Gasteiger partial charge on any atom is 0.348 e. The largest absolute Gasteiger partial charge is 0.394 e. The maximum absolute atomic E-state index is 11.8. The summed E-state index contributed by atoms with van der Waals surface area (Å²) < 4.78 is 6.87. The zero-order valence-corrected chi connectivity index (χ0v) is 10.9. The molecule has 0 aromatic carbocycles. The van der Waals surface area contributed by atoms with Crippen LogP contribution in [0.4, 0.5) is 0 Å². The highest BCUT2D eigenvalue weighted by atomic mass is 16.5. The number of rotatable bonds is 4. The summed E-state index contributed by atoms with van der Waals surface area (Å²) in [6.07, 6.45) is 0.703. The van der Waals surface area contributed by atoms with Crippen molar-refractivity contribution in [2.75, 3.05) is 6.61 Å². The van der Waals surface area contributed by atoms with Gasteiger partial charge in [0.05, 0.1) is 12.7 Å². The van der Waals surface area contributed by atoms with Crippen LogP contribution in [0.25, 0.3) is 0 Å². The molecule has 0 amide bonds. The fourth-order valence-electron chi connectivity index (χ4n) is 2.19. The predicted octanol–water partition coefficient (Wildman–Crippen LogP) is -1.82. The van der Waals surface area contributed by atoms with E-state index < -0.39 is 23.6 Å². The molecule has 1 aliphatic rings. The van der Waals surface area contributed by atoms with Gasteiger partial charge in [-0.15, -0.1) is 0 Å². The molecule has 2 rings (SSSR count). The first-order valence-corrected chi connectivity index (χ1v) is 6.12. The Bertz CT molecular complexity index is 635. The smallest absolute Gasteiger partial charge is 0.348 e. The summed E-state index contributed by atoms with van der Waals surface area (Å²) in [5.41, 5.74) is -0.601. The monoisotopic (exact) mass is 277 g/mol. The van der Waals surface area contributed by atoms with Crippen LogP contribution in [-0.2, 0) is 4.74 Å². The summed E-state index contributed by atoms with van der Waals surface area (Å²) >= 11 is 0. The molecule has 0 spiro atoms. The molecule has 20 heavy (non-hydrogen) atoms. The summed E-state index contributed by atoms with van der Waals surface area (Å²) in [5, 5.41) is 20.6. The average molecular weight is 277 g/mol. The molecule has 0 aliphatic carbocycles. The summed E-state index contributed by atoms with van der Waals surface area (Å²) in [6, 6.07) is -0.274. The fourth-order valence-corrected chi connectivity index (χ4v) is 2.19. The van der Waals surface area contributed by atoms with Gasteiger partial charge in [0.15, 0.2) is 0 Å². The molecule has 2 heterocycles. The minimum Gasteiger partial charge on any atom is -0.394 e. The summed E-state index contributed by atoms with van der Waals surface area (Å²) in [4.78, 5) is 25.3. The van der Waals surface area contributed by atoms with Gasteiger partial charge in [0.2, 0.25) is 0 Å². The van der Waals surface area contributed by atoms with E-state index in [9.17, 15) is 14.7 Å². The Morgan fingerprint density at radius 1 is 1.70 bits per heavy atom. The van der Waals surface area contributed by atoms with Crippen LogP contribution in [0.1, 0.15) is 18.2 Å². The molecular formula is C11H14BN4O4. The van der Waals surface area contributed by atoms with E-state index in [4.69, 9.17) is 10.00 Å². The second-order valence-corrected chi connectivity index (χ2v) is 4.57. The number of aryl methyl sites for hydroxylation is 1. The molecule has 1 aromatic heterocycles. The van der Waals surface area contributed by atoms with Gasteiger partial charge in [0, 0.05) is 30.2 Å². The number of nitrogens with zero attached hydrogens (tertiary/aromatic N) is 2. The zero-order chi connectivity index (χ0) is 14.7. The minimum atomic E-state index is -0.597. The van der Waals surface area contributed by atoms with Gasteiger partial charge in [-0.1, -0.05) is 0 Å². The zero-order valence-electron chi connectivity index (χ0n) is 10.9. The Morgan fingerprint density at radius 3 is 3.10 bits per heavy atom. The van der Waals surface area contributed by atoms with Gasteiger partial charge in [-0.3, -0.25) is 14.3 Å². The Labute approximate surface area is 115 Å². The lowest BCUT2D eigenvalue weighted by molar-refractivity contribution is -0.0280. The minimum absolute atomic E-state index is 0.232. The Kier molecular flexibility index (Phi) is 4.39. The molecule has 1 aliphatic heterocycles. The molecule has 0 bridgehead atoms. The number of aliphatic hydroxyl groups excluding tert-OH is 1. The predicted molar refractivity (Wildman–Crippen MR) is 70.0 cm³/mol. The molecular weight excluding hydrogens is 263 g/mol. The van der Waals surface area contributed by atoms with E-state index >= 15 is 0 Å². The van der Waals surface area contributed by atoms with Gasteiger partial charge in [-0.05, 0) is 6.92 Å². The Hall–Kier alpha value is -1.89. The van der Waals surface area contributed by atoms with Crippen LogP contribution in [0.5, 0.6) is 0 Å². The first-order chi connectivity index (χ1) is 9.56. The molecule has 0 unspecified atom stereocenters. The van der Waals surface area contributed by atoms with Gasteiger partial charge in [0.25, 0.3) is 5.56 Å². The lowest BCUT2D eigenvalue weighted by Gasteiger charge is -2.15. The average Bonchev–Trinajstić information content (AvgIpc) is 2.83. The highest BCUT2D eigenvalue weighted by Crippen LogP contribution is 2.27. The summed E-state index contributed by atoms with van der Waals surface area (Å²) in [7, 11) is 1.21. The van der Waals surface area contributed by atoms with Crippen molar-refractivity contribution in [3.8, 4) is 5.97 Å². The van der Waals surface area contributed by atoms with Crippen LogP contribution in [0.2, 0.25) is 0 Å². The van der Waals surface area contributed by atoms with Gasteiger partial charge in [-0.25, -0.2) is 10.1 Å². The first-order valence-electron chi connectivity index (χ1n) is 6.12. The maximum atomic E-state index is 11.8. The molecule has 9 heteroatoms. The number of aromatic nitrogens is 2. The number of aromatic amines is 1. The second kappa shape index (κ2) is 6.05. The number of H-pyrrole nitrogens is 1. The quantitative estimate of drug-likeness (QED) is 0.557. The van der Waals surface area contributed by atoms with Gasteiger partial charge < -0.3 is 15.1 Å². The molecule has 8 nitrogen and oxygen atoms in total. The van der Waals surface area contributed by atoms with Crippen molar-refractivity contribution in [2.45, 2.75) is 31.7 Å². The van der Waals surface area contributed by atoms with Crippen molar-refractivity contribution in [1.29, 1.82) is 5.26 Å². The highest BCUT2D eigenvalue weighted by Gasteiger charge is 2.35. The van der Waals surface area contributed by atoms with Crippen molar-refractivity contribution >= 4 is 7.41 Å². The molecule has 105 valence electrons. The lowest BCUT2D eigenvalue weighted by atomic mass is 9.94. The molecule has 1 fully saturated rings. The molecule has 1 aromatic rings. The van der Waals surface area contributed by atoms with E-state index in [1.165, 1.54) is 18.2 Å². The topological polar surface area (TPSA) is 120 Å². The third-order valence-electron chi connectivity index (χ3n) is 3.23. The van der Waals surface area contributed by atoms with Crippen molar-refractivity contribution in [3.63, 3.8) is 0 Å². The lowest BCUT2D eigenvalue weighted by Crippen LogP contribution is -2.40. The van der Waals surface area contributed by atoms with Crippen molar-refractivity contribution < 1.29 is 9.84 Å². The highest BCUT2D eigenvalue weighted by molar-refractivity contribution is 6.42. The third kappa shape index (κ3) is 2.82. The number of ether oxygens (including phenoxy) is 1. The first kappa shape index (κ1) is 14.5. The fraction of sp³-hybridized carbons (Fsp3) is 0.545. The van der Waals surface area contributed by atoms with Gasteiger partial charge >= 0.3 is 13.1 Å². The molecule has 1 radical (unpaired) electrons. The Morgan fingerprint density at radius 2 is 2.45 bits per heavy atom. The number of hydrogen-bond acceptors (Lipinski definition) is 6. The molecule has 0 saturated carbocycles.